The minimum absolute atomic E-state index is 0.108. The highest BCUT2D eigenvalue weighted by Crippen LogP contribution is 2.16. The van der Waals surface area contributed by atoms with E-state index in [1.165, 1.54) is 0 Å². The van der Waals surface area contributed by atoms with Crippen LogP contribution in [0.1, 0.15) is 12.0 Å². The van der Waals surface area contributed by atoms with Crippen molar-refractivity contribution in [2.45, 2.75) is 12.8 Å². The van der Waals surface area contributed by atoms with Crippen LogP contribution in [-0.2, 0) is 11.2 Å². The molecule has 0 aliphatic rings. The second-order valence-corrected chi connectivity index (χ2v) is 6.18. The Bertz CT molecular complexity index is 937. The van der Waals surface area contributed by atoms with E-state index in [0.29, 0.717) is 28.9 Å². The normalized spacial score (nSPS) is 10.5. The fraction of sp³-hybridized carbons (Fsp3) is 0.167. The predicted molar refractivity (Wildman–Crippen MR) is 95.8 cm³/mol. The molecule has 0 aliphatic carbocycles. The van der Waals surface area contributed by atoms with Crippen LogP contribution in [-0.4, -0.2) is 18.0 Å². The number of para-hydroxylation sites is 1. The van der Waals surface area contributed by atoms with Gasteiger partial charge in [-0.25, -0.2) is 4.98 Å². The molecule has 0 spiro atoms. The van der Waals surface area contributed by atoms with E-state index in [-0.39, 0.29) is 10.6 Å². The van der Waals surface area contributed by atoms with E-state index in [2.05, 4.69) is 10.3 Å². The third-order valence-electron chi connectivity index (χ3n) is 3.56. The molecule has 0 atom stereocenters. The van der Waals surface area contributed by atoms with Crippen molar-refractivity contribution in [1.82, 2.24) is 4.98 Å². The first kappa shape index (κ1) is 16.1. The second kappa shape index (κ2) is 7.23. The van der Waals surface area contributed by atoms with Gasteiger partial charge in [0, 0.05) is 6.42 Å². The molecule has 122 valence electrons. The highest BCUT2D eigenvalue weighted by Gasteiger charge is 2.08. The number of amides is 1. The molecule has 1 amide bonds. The molecule has 0 unspecified atom stereocenters. The second-order valence-electron chi connectivity index (χ2n) is 5.22. The summed E-state index contributed by atoms with van der Waals surface area (Å²) in [6.07, 6.45) is 0.897. The molecule has 3 rings (SSSR count). The Morgan fingerprint density at radius 2 is 2.04 bits per heavy atom. The summed E-state index contributed by atoms with van der Waals surface area (Å²) in [5.41, 5.74) is 1.61. The number of carbonyl (C=O) groups excluding carboxylic acids is 1. The Kier molecular flexibility index (Phi) is 4.86. The zero-order chi connectivity index (χ0) is 16.9. The Morgan fingerprint density at radius 1 is 1.21 bits per heavy atom. The van der Waals surface area contributed by atoms with E-state index in [9.17, 15) is 9.59 Å². The molecule has 3 aromatic rings. The molecule has 2 aromatic carbocycles. The summed E-state index contributed by atoms with van der Waals surface area (Å²) in [5, 5.41) is 3.61. The smallest absolute Gasteiger partial charge is 0.245 e. The van der Waals surface area contributed by atoms with Gasteiger partial charge in [-0.05, 0) is 36.2 Å². The zero-order valence-electron chi connectivity index (χ0n) is 13.1. The van der Waals surface area contributed by atoms with E-state index in [4.69, 9.17) is 4.74 Å². The van der Waals surface area contributed by atoms with Gasteiger partial charge in [-0.3, -0.25) is 9.59 Å². The van der Waals surface area contributed by atoms with Crippen LogP contribution in [0.2, 0.25) is 0 Å². The molecule has 6 heteroatoms. The molecule has 0 saturated carbocycles. The van der Waals surface area contributed by atoms with Gasteiger partial charge in [0.1, 0.15) is 5.75 Å². The van der Waals surface area contributed by atoms with Gasteiger partial charge >= 0.3 is 0 Å². The monoisotopic (exact) mass is 340 g/mol. The van der Waals surface area contributed by atoms with E-state index in [1.807, 2.05) is 30.3 Å². The Morgan fingerprint density at radius 3 is 2.88 bits per heavy atom. The summed E-state index contributed by atoms with van der Waals surface area (Å²) in [4.78, 5) is 28.5. The van der Waals surface area contributed by atoms with Gasteiger partial charge < -0.3 is 10.1 Å². The first-order valence-corrected chi connectivity index (χ1v) is 8.30. The minimum atomic E-state index is -0.170. The van der Waals surface area contributed by atoms with Crippen LogP contribution in [0.5, 0.6) is 5.75 Å². The lowest BCUT2D eigenvalue weighted by Gasteiger charge is -2.06. The van der Waals surface area contributed by atoms with Crippen molar-refractivity contribution in [2.24, 2.45) is 0 Å². The number of nitrogens with one attached hydrogen (secondary N) is 1. The quantitative estimate of drug-likeness (QED) is 0.774. The minimum Gasteiger partial charge on any atom is -0.497 e. The van der Waals surface area contributed by atoms with E-state index in [1.54, 1.807) is 25.3 Å². The van der Waals surface area contributed by atoms with Crippen LogP contribution in [0, 0.1) is 0 Å². The number of aryl methyl sites for hydroxylation is 1. The standard InChI is InChI=1S/C18H16N2O3S/c1-23-13-6-4-5-12(11-13)9-10-16(21)20-18-19-15-8-3-2-7-14(15)17(22)24-18/h2-8,11H,9-10H2,1H3,(H,19,20,21). The third-order valence-corrected chi connectivity index (χ3v) is 4.35. The van der Waals surface area contributed by atoms with Crippen molar-refractivity contribution in [3.63, 3.8) is 0 Å². The van der Waals surface area contributed by atoms with Gasteiger partial charge in [-0.15, -0.1) is 0 Å². The first-order chi connectivity index (χ1) is 11.7. The zero-order valence-corrected chi connectivity index (χ0v) is 13.9. The van der Waals surface area contributed by atoms with Crippen molar-refractivity contribution >= 4 is 33.3 Å². The fourth-order valence-corrected chi connectivity index (χ4v) is 3.11. The maximum absolute atomic E-state index is 12.1. The lowest BCUT2D eigenvalue weighted by molar-refractivity contribution is -0.116. The third kappa shape index (κ3) is 3.78. The Balaban J connectivity index is 1.67. The van der Waals surface area contributed by atoms with E-state index < -0.39 is 0 Å². The molecule has 24 heavy (non-hydrogen) atoms. The first-order valence-electron chi connectivity index (χ1n) is 7.48. The predicted octanol–water partition coefficient (Wildman–Crippen LogP) is 3.24. The molecule has 1 N–H and O–H groups in total. The maximum atomic E-state index is 12.1. The van der Waals surface area contributed by atoms with Crippen molar-refractivity contribution in [1.29, 1.82) is 0 Å². The largest absolute Gasteiger partial charge is 0.497 e. The van der Waals surface area contributed by atoms with Crippen molar-refractivity contribution in [2.75, 3.05) is 12.4 Å². The average molecular weight is 340 g/mol. The molecule has 0 saturated heterocycles. The number of aromatic nitrogens is 1. The molecular weight excluding hydrogens is 324 g/mol. The molecule has 0 aliphatic heterocycles. The van der Waals surface area contributed by atoms with Gasteiger partial charge in [-0.2, -0.15) is 0 Å². The van der Waals surface area contributed by atoms with Crippen LogP contribution in [0.3, 0.4) is 0 Å². The van der Waals surface area contributed by atoms with E-state index in [0.717, 1.165) is 22.6 Å². The van der Waals surface area contributed by atoms with Crippen LogP contribution >= 0.6 is 11.3 Å². The number of ether oxygens (including phenoxy) is 1. The molecule has 1 heterocycles. The van der Waals surface area contributed by atoms with Gasteiger partial charge in [-0.1, -0.05) is 35.6 Å². The maximum Gasteiger partial charge on any atom is 0.245 e. The van der Waals surface area contributed by atoms with Gasteiger partial charge in [0.15, 0.2) is 5.13 Å². The molecule has 1 aromatic heterocycles. The summed E-state index contributed by atoms with van der Waals surface area (Å²) in [6.45, 7) is 0. The molecular formula is C18H16N2O3S. The number of hydrogen-bond acceptors (Lipinski definition) is 5. The van der Waals surface area contributed by atoms with Crippen LogP contribution < -0.4 is 14.8 Å². The molecule has 0 fully saturated rings. The van der Waals surface area contributed by atoms with Crippen molar-refractivity contribution < 1.29 is 9.53 Å². The van der Waals surface area contributed by atoms with Crippen LogP contribution in [0.15, 0.2) is 53.3 Å². The Hall–Kier alpha value is -2.73. The summed E-state index contributed by atoms with van der Waals surface area (Å²) >= 11 is 0.944. The Labute approximate surface area is 142 Å². The number of anilines is 1. The van der Waals surface area contributed by atoms with Crippen molar-refractivity contribution in [3.05, 3.63) is 63.6 Å². The highest BCUT2D eigenvalue weighted by atomic mass is 32.1. The summed E-state index contributed by atoms with van der Waals surface area (Å²) < 4.78 is 5.06. The molecule has 0 bridgehead atoms. The summed E-state index contributed by atoms with van der Waals surface area (Å²) in [7, 11) is 1.61. The fourth-order valence-electron chi connectivity index (χ4n) is 2.34. The number of methoxy groups -OCH3 is 1. The number of hydrogen-bond donors (Lipinski definition) is 1. The van der Waals surface area contributed by atoms with Gasteiger partial charge in [0.2, 0.25) is 10.6 Å². The number of benzene rings is 2. The van der Waals surface area contributed by atoms with E-state index >= 15 is 0 Å². The lowest BCUT2D eigenvalue weighted by atomic mass is 10.1. The summed E-state index contributed by atoms with van der Waals surface area (Å²) in [5.74, 6) is 0.596. The van der Waals surface area contributed by atoms with Crippen LogP contribution in [0.4, 0.5) is 5.13 Å². The van der Waals surface area contributed by atoms with Gasteiger partial charge in [0.25, 0.3) is 0 Å². The highest BCUT2D eigenvalue weighted by molar-refractivity contribution is 7.13. The lowest BCUT2D eigenvalue weighted by Crippen LogP contribution is -2.14. The topological polar surface area (TPSA) is 68.3 Å². The van der Waals surface area contributed by atoms with Crippen molar-refractivity contribution in [3.8, 4) is 5.75 Å². The molecule has 0 radical (unpaired) electrons. The number of nitrogens with zero attached hydrogens (tertiary/aromatic N) is 1. The average Bonchev–Trinajstić information content (AvgIpc) is 2.60. The number of carbonyl (C=O) groups is 1. The van der Waals surface area contributed by atoms with Gasteiger partial charge in [0.05, 0.1) is 18.0 Å². The number of fused-ring (bicyclic) bond motifs is 1. The van der Waals surface area contributed by atoms with Crippen LogP contribution in [0.25, 0.3) is 10.9 Å². The SMILES string of the molecule is COc1cccc(CCC(=O)Nc2nc3ccccc3c(=O)s2)c1. The molecule has 5 nitrogen and oxygen atoms in total. The summed E-state index contributed by atoms with van der Waals surface area (Å²) in [6, 6.07) is 14.7. The number of rotatable bonds is 5.